The van der Waals surface area contributed by atoms with Gasteiger partial charge in [0.1, 0.15) is 5.75 Å². The van der Waals surface area contributed by atoms with Gasteiger partial charge in [0, 0.05) is 10.0 Å². The van der Waals surface area contributed by atoms with Crippen LogP contribution in [0.2, 0.25) is 0 Å². The second kappa shape index (κ2) is 3.58. The van der Waals surface area contributed by atoms with E-state index in [-0.39, 0.29) is 0 Å². The van der Waals surface area contributed by atoms with Gasteiger partial charge in [0.25, 0.3) is 0 Å². The molecule has 0 atom stereocenters. The molecule has 0 saturated carbocycles. The molecule has 1 rings (SSSR count). The fraction of sp³-hybridized carbons (Fsp3) is 0.111. The van der Waals surface area contributed by atoms with E-state index in [0.29, 0.717) is 5.75 Å². The lowest BCUT2D eigenvalue weighted by Crippen LogP contribution is -1.73. The lowest BCUT2D eigenvalue weighted by atomic mass is 10.2. The van der Waals surface area contributed by atoms with Crippen LogP contribution >= 0.6 is 15.9 Å². The molecule has 0 radical (unpaired) electrons. The predicted molar refractivity (Wildman–Crippen MR) is 50.5 cm³/mol. The summed E-state index contributed by atoms with van der Waals surface area (Å²) in [6, 6.07) is 5.43. The standard InChI is InChI=1S/C9H9BrO/c1-2-3-7-4-5-8(10)6-9(7)11/h2-6,11H,1H3/b3-2-. The first-order valence-corrected chi connectivity index (χ1v) is 4.14. The molecule has 0 saturated heterocycles. The van der Waals surface area contributed by atoms with Crippen molar-refractivity contribution >= 4 is 22.0 Å². The molecule has 1 N–H and O–H groups in total. The van der Waals surface area contributed by atoms with Gasteiger partial charge in [0.05, 0.1) is 0 Å². The molecule has 0 amide bonds. The van der Waals surface area contributed by atoms with Crippen molar-refractivity contribution in [1.82, 2.24) is 0 Å². The van der Waals surface area contributed by atoms with Crippen molar-refractivity contribution in [2.45, 2.75) is 6.92 Å². The van der Waals surface area contributed by atoms with Crippen LogP contribution in [-0.4, -0.2) is 5.11 Å². The molecule has 1 aromatic rings. The molecule has 2 heteroatoms. The molecule has 0 aliphatic heterocycles. The number of phenols is 1. The minimum atomic E-state index is 0.303. The zero-order valence-corrected chi connectivity index (χ0v) is 7.80. The van der Waals surface area contributed by atoms with Gasteiger partial charge in [-0.2, -0.15) is 0 Å². The largest absolute Gasteiger partial charge is 0.507 e. The van der Waals surface area contributed by atoms with Gasteiger partial charge < -0.3 is 5.11 Å². The van der Waals surface area contributed by atoms with Crippen LogP contribution in [0.15, 0.2) is 28.7 Å². The van der Waals surface area contributed by atoms with Crippen molar-refractivity contribution in [3.05, 3.63) is 34.3 Å². The summed E-state index contributed by atoms with van der Waals surface area (Å²) in [6.45, 7) is 1.92. The summed E-state index contributed by atoms with van der Waals surface area (Å²) < 4.78 is 0.892. The second-order valence-corrected chi connectivity index (χ2v) is 3.12. The van der Waals surface area contributed by atoms with E-state index in [1.54, 1.807) is 6.07 Å². The maximum absolute atomic E-state index is 9.34. The Hall–Kier alpha value is -0.760. The highest BCUT2D eigenvalue weighted by atomic mass is 79.9. The van der Waals surface area contributed by atoms with Gasteiger partial charge >= 0.3 is 0 Å². The molecule has 1 aromatic carbocycles. The van der Waals surface area contributed by atoms with Crippen LogP contribution in [0.3, 0.4) is 0 Å². The molecule has 0 unspecified atom stereocenters. The molecule has 11 heavy (non-hydrogen) atoms. The van der Waals surface area contributed by atoms with Crippen molar-refractivity contribution in [2.24, 2.45) is 0 Å². The third-order valence-electron chi connectivity index (χ3n) is 1.34. The van der Waals surface area contributed by atoms with Crippen LogP contribution in [0.5, 0.6) is 5.75 Å². The fourth-order valence-electron chi connectivity index (χ4n) is 0.837. The highest BCUT2D eigenvalue weighted by molar-refractivity contribution is 9.10. The molecule has 58 valence electrons. The van der Waals surface area contributed by atoms with E-state index < -0.39 is 0 Å². The smallest absolute Gasteiger partial charge is 0.123 e. The zero-order chi connectivity index (χ0) is 8.27. The molecular weight excluding hydrogens is 204 g/mol. The Morgan fingerprint density at radius 2 is 2.18 bits per heavy atom. The lowest BCUT2D eigenvalue weighted by Gasteiger charge is -1.97. The number of halogens is 1. The topological polar surface area (TPSA) is 20.2 Å². The summed E-state index contributed by atoms with van der Waals surface area (Å²) in [5, 5.41) is 9.34. The quantitative estimate of drug-likeness (QED) is 0.759. The first-order valence-electron chi connectivity index (χ1n) is 3.35. The van der Waals surface area contributed by atoms with Crippen LogP contribution in [0, 0.1) is 0 Å². The van der Waals surface area contributed by atoms with E-state index in [2.05, 4.69) is 15.9 Å². The first-order chi connectivity index (χ1) is 5.24. The Morgan fingerprint density at radius 1 is 1.45 bits per heavy atom. The maximum Gasteiger partial charge on any atom is 0.123 e. The van der Waals surface area contributed by atoms with E-state index in [1.807, 2.05) is 31.2 Å². The highest BCUT2D eigenvalue weighted by Crippen LogP contribution is 2.22. The summed E-state index contributed by atoms with van der Waals surface area (Å²) >= 11 is 3.26. The molecule has 0 bridgehead atoms. The van der Waals surface area contributed by atoms with Crippen molar-refractivity contribution < 1.29 is 5.11 Å². The summed E-state index contributed by atoms with van der Waals surface area (Å²) in [5.74, 6) is 0.303. The van der Waals surface area contributed by atoms with E-state index in [9.17, 15) is 5.11 Å². The summed E-state index contributed by atoms with van der Waals surface area (Å²) in [4.78, 5) is 0. The van der Waals surface area contributed by atoms with Crippen LogP contribution in [0.4, 0.5) is 0 Å². The third kappa shape index (κ3) is 2.09. The Kier molecular flexibility index (Phi) is 2.71. The van der Waals surface area contributed by atoms with Crippen LogP contribution in [0.25, 0.3) is 6.08 Å². The van der Waals surface area contributed by atoms with Crippen molar-refractivity contribution in [3.63, 3.8) is 0 Å². The number of phenolic OH excluding ortho intramolecular Hbond substituents is 1. The summed E-state index contributed by atoms with van der Waals surface area (Å²) in [5.41, 5.74) is 0.843. The monoisotopic (exact) mass is 212 g/mol. The molecule has 0 fully saturated rings. The summed E-state index contributed by atoms with van der Waals surface area (Å²) in [7, 11) is 0. The number of hydrogen-bond donors (Lipinski definition) is 1. The van der Waals surface area contributed by atoms with Crippen molar-refractivity contribution in [1.29, 1.82) is 0 Å². The van der Waals surface area contributed by atoms with Crippen molar-refractivity contribution in [3.8, 4) is 5.75 Å². The molecule has 0 aliphatic carbocycles. The highest BCUT2D eigenvalue weighted by Gasteiger charge is 1.95. The number of aromatic hydroxyl groups is 1. The van der Waals surface area contributed by atoms with Gasteiger partial charge in [-0.25, -0.2) is 0 Å². The summed E-state index contributed by atoms with van der Waals surface area (Å²) in [6.07, 6.45) is 3.75. The van der Waals surface area contributed by atoms with E-state index in [4.69, 9.17) is 0 Å². The molecule has 1 nitrogen and oxygen atoms in total. The predicted octanol–water partition coefficient (Wildman–Crippen LogP) is 3.19. The van der Waals surface area contributed by atoms with E-state index in [0.717, 1.165) is 10.0 Å². The van der Waals surface area contributed by atoms with Gasteiger partial charge in [-0.05, 0) is 19.1 Å². The number of benzene rings is 1. The number of allylic oxidation sites excluding steroid dienone is 1. The maximum atomic E-state index is 9.34. The van der Waals surface area contributed by atoms with Crippen molar-refractivity contribution in [2.75, 3.05) is 0 Å². The van der Waals surface area contributed by atoms with Crippen LogP contribution in [0.1, 0.15) is 12.5 Å². The molecule has 0 heterocycles. The molecular formula is C9H9BrO. The molecule has 0 aliphatic rings. The molecule has 0 spiro atoms. The van der Waals surface area contributed by atoms with Gasteiger partial charge in [-0.1, -0.05) is 34.1 Å². The Labute approximate surface area is 74.5 Å². The minimum absolute atomic E-state index is 0.303. The van der Waals surface area contributed by atoms with Gasteiger partial charge in [-0.3, -0.25) is 0 Å². The first kappa shape index (κ1) is 8.34. The third-order valence-corrected chi connectivity index (χ3v) is 1.83. The minimum Gasteiger partial charge on any atom is -0.507 e. The van der Waals surface area contributed by atoms with Gasteiger partial charge in [-0.15, -0.1) is 0 Å². The van der Waals surface area contributed by atoms with Gasteiger partial charge in [0.15, 0.2) is 0 Å². The SMILES string of the molecule is C/C=C\c1ccc(Br)cc1O. The average molecular weight is 213 g/mol. The van der Waals surface area contributed by atoms with Gasteiger partial charge in [0.2, 0.25) is 0 Å². The Bertz CT molecular complexity index is 279. The average Bonchev–Trinajstić information content (AvgIpc) is 1.95. The van der Waals surface area contributed by atoms with E-state index >= 15 is 0 Å². The van der Waals surface area contributed by atoms with E-state index in [1.165, 1.54) is 0 Å². The number of rotatable bonds is 1. The Morgan fingerprint density at radius 3 is 2.73 bits per heavy atom. The fourth-order valence-corrected chi connectivity index (χ4v) is 1.19. The number of hydrogen-bond acceptors (Lipinski definition) is 1. The normalized spacial score (nSPS) is 10.7. The molecule has 0 aromatic heterocycles. The lowest BCUT2D eigenvalue weighted by molar-refractivity contribution is 0.473. The Balaban J connectivity index is 3.09. The van der Waals surface area contributed by atoms with Crippen LogP contribution < -0.4 is 0 Å². The zero-order valence-electron chi connectivity index (χ0n) is 6.21. The van der Waals surface area contributed by atoms with Crippen LogP contribution in [-0.2, 0) is 0 Å². The second-order valence-electron chi connectivity index (χ2n) is 2.20.